The van der Waals surface area contributed by atoms with Crippen LogP contribution in [0.15, 0.2) is 18.2 Å². The molecule has 1 heterocycles. The van der Waals surface area contributed by atoms with Crippen molar-refractivity contribution < 1.29 is 29.2 Å². The Bertz CT molecular complexity index is 693. The topological polar surface area (TPSA) is 127 Å². The molecule has 1 N–H and O–H groups in total. The highest BCUT2D eigenvalue weighted by Gasteiger charge is 2.28. The fourth-order valence-electron chi connectivity index (χ4n) is 2.59. The van der Waals surface area contributed by atoms with Gasteiger partial charge in [-0.05, 0) is 18.9 Å². The summed E-state index contributed by atoms with van der Waals surface area (Å²) in [5, 5.41) is 20.0. The highest BCUT2D eigenvalue weighted by atomic mass is 16.6. The highest BCUT2D eigenvalue weighted by molar-refractivity contribution is 5.99. The highest BCUT2D eigenvalue weighted by Crippen LogP contribution is 2.23. The lowest BCUT2D eigenvalue weighted by atomic mass is 9.96. The number of aliphatic carboxylic acids is 1. The number of nitro benzene ring substituents is 1. The molecule has 0 saturated carbocycles. The molecule has 1 saturated heterocycles. The third-order valence-corrected chi connectivity index (χ3v) is 3.93. The molecule has 1 aromatic carbocycles. The van der Waals surface area contributed by atoms with E-state index in [1.165, 1.54) is 11.0 Å². The van der Waals surface area contributed by atoms with Gasteiger partial charge in [-0.3, -0.25) is 19.7 Å². The zero-order valence-electron chi connectivity index (χ0n) is 12.9. The van der Waals surface area contributed by atoms with Gasteiger partial charge in [-0.2, -0.15) is 0 Å². The van der Waals surface area contributed by atoms with Crippen LogP contribution in [0.1, 0.15) is 33.6 Å². The predicted molar refractivity (Wildman–Crippen MR) is 80.7 cm³/mol. The van der Waals surface area contributed by atoms with Gasteiger partial charge in [-0.25, -0.2) is 4.79 Å². The average Bonchev–Trinajstić information content (AvgIpc) is 2.59. The number of hydrogen-bond donors (Lipinski definition) is 1. The lowest BCUT2D eigenvalue weighted by Gasteiger charge is -2.30. The Kier molecular flexibility index (Phi) is 5.12. The van der Waals surface area contributed by atoms with Crippen LogP contribution in [0, 0.1) is 16.0 Å². The van der Waals surface area contributed by atoms with Gasteiger partial charge < -0.3 is 14.7 Å². The summed E-state index contributed by atoms with van der Waals surface area (Å²) in [6, 6.07) is 3.38. The molecule has 9 nitrogen and oxygen atoms in total. The van der Waals surface area contributed by atoms with Crippen molar-refractivity contribution in [1.82, 2.24) is 4.90 Å². The van der Waals surface area contributed by atoms with Crippen molar-refractivity contribution in [1.29, 1.82) is 0 Å². The Labute approximate surface area is 137 Å². The number of ether oxygens (including phenoxy) is 1. The van der Waals surface area contributed by atoms with Crippen molar-refractivity contribution in [3.05, 3.63) is 39.4 Å². The molecule has 1 aliphatic heterocycles. The summed E-state index contributed by atoms with van der Waals surface area (Å²) in [6.45, 7) is 0.484. The van der Waals surface area contributed by atoms with E-state index in [4.69, 9.17) is 5.11 Å². The van der Waals surface area contributed by atoms with Crippen molar-refractivity contribution in [2.45, 2.75) is 12.8 Å². The number of piperidine rings is 1. The second-order valence-electron chi connectivity index (χ2n) is 5.42. The number of nitrogens with zero attached hydrogens (tertiary/aromatic N) is 2. The molecule has 0 spiro atoms. The molecule has 1 aromatic rings. The first-order chi connectivity index (χ1) is 11.3. The molecule has 1 aliphatic rings. The molecule has 1 fully saturated rings. The standard InChI is InChI=1S/C15H16N2O7/c1-24-15(21)11-6-10(7-12(8-11)17(22)23)13(18)16-4-2-9(3-5-16)14(19)20/h6-9H,2-5H2,1H3,(H,19,20). The van der Waals surface area contributed by atoms with Crippen LogP contribution in [0.3, 0.4) is 0 Å². The Morgan fingerprint density at radius 2 is 1.79 bits per heavy atom. The number of esters is 1. The normalized spacial score (nSPS) is 15.0. The number of carbonyl (C=O) groups excluding carboxylic acids is 2. The van der Waals surface area contributed by atoms with E-state index >= 15 is 0 Å². The summed E-state index contributed by atoms with van der Waals surface area (Å²) in [5.74, 6) is -2.65. The van der Waals surface area contributed by atoms with Gasteiger partial charge in [-0.15, -0.1) is 0 Å². The lowest BCUT2D eigenvalue weighted by Crippen LogP contribution is -2.40. The first-order valence-electron chi connectivity index (χ1n) is 7.23. The second-order valence-corrected chi connectivity index (χ2v) is 5.42. The summed E-state index contributed by atoms with van der Waals surface area (Å²) >= 11 is 0. The van der Waals surface area contributed by atoms with Gasteiger partial charge in [0.05, 0.1) is 23.5 Å². The minimum atomic E-state index is -0.898. The van der Waals surface area contributed by atoms with Gasteiger partial charge in [0.15, 0.2) is 0 Å². The summed E-state index contributed by atoms with van der Waals surface area (Å²) in [7, 11) is 1.14. The number of carboxylic acids is 1. The van der Waals surface area contributed by atoms with Gasteiger partial charge in [-0.1, -0.05) is 0 Å². The first kappa shape index (κ1) is 17.4. The summed E-state index contributed by atoms with van der Waals surface area (Å²) in [6.07, 6.45) is 0.639. The van der Waals surface area contributed by atoms with Crippen LogP contribution >= 0.6 is 0 Å². The largest absolute Gasteiger partial charge is 0.481 e. The van der Waals surface area contributed by atoms with E-state index in [9.17, 15) is 24.5 Å². The molecule has 0 bridgehead atoms. The summed E-state index contributed by atoms with van der Waals surface area (Å²) < 4.78 is 4.54. The maximum Gasteiger partial charge on any atom is 0.338 e. The number of carboxylic acid groups (broad SMARTS) is 1. The maximum absolute atomic E-state index is 12.5. The monoisotopic (exact) mass is 336 g/mol. The van der Waals surface area contributed by atoms with Crippen molar-refractivity contribution in [2.75, 3.05) is 20.2 Å². The Morgan fingerprint density at radius 3 is 2.29 bits per heavy atom. The number of non-ortho nitro benzene ring substituents is 1. The second kappa shape index (κ2) is 7.07. The Morgan fingerprint density at radius 1 is 1.21 bits per heavy atom. The molecule has 1 amide bonds. The number of nitro groups is 1. The minimum Gasteiger partial charge on any atom is -0.481 e. The number of likely N-dealkylation sites (tertiary alicyclic amines) is 1. The average molecular weight is 336 g/mol. The smallest absolute Gasteiger partial charge is 0.338 e. The van der Waals surface area contributed by atoms with Crippen LogP contribution in [0.5, 0.6) is 0 Å². The van der Waals surface area contributed by atoms with Crippen LogP contribution in [0.25, 0.3) is 0 Å². The van der Waals surface area contributed by atoms with Gasteiger partial charge in [0.1, 0.15) is 0 Å². The van der Waals surface area contributed by atoms with E-state index in [0.29, 0.717) is 12.8 Å². The Hall–Kier alpha value is -2.97. The molecule has 0 radical (unpaired) electrons. The van der Waals surface area contributed by atoms with Crippen LogP contribution in [-0.4, -0.2) is 53.0 Å². The molecule has 128 valence electrons. The number of rotatable bonds is 4. The third-order valence-electron chi connectivity index (χ3n) is 3.93. The van der Waals surface area contributed by atoms with Gasteiger partial charge in [0.25, 0.3) is 11.6 Å². The third kappa shape index (κ3) is 3.67. The van der Waals surface area contributed by atoms with E-state index in [1.807, 2.05) is 0 Å². The van der Waals surface area contributed by atoms with E-state index in [0.717, 1.165) is 19.2 Å². The van der Waals surface area contributed by atoms with Crippen molar-refractivity contribution in [3.8, 4) is 0 Å². The molecule has 0 unspecified atom stereocenters. The van der Waals surface area contributed by atoms with Crippen LogP contribution < -0.4 is 0 Å². The molecule has 24 heavy (non-hydrogen) atoms. The van der Waals surface area contributed by atoms with Crippen LogP contribution in [0.2, 0.25) is 0 Å². The fourth-order valence-corrected chi connectivity index (χ4v) is 2.59. The van der Waals surface area contributed by atoms with Gasteiger partial charge in [0, 0.05) is 30.8 Å². The van der Waals surface area contributed by atoms with Crippen LogP contribution in [0.4, 0.5) is 5.69 Å². The zero-order valence-corrected chi connectivity index (χ0v) is 12.9. The van der Waals surface area contributed by atoms with E-state index < -0.39 is 28.7 Å². The lowest BCUT2D eigenvalue weighted by molar-refractivity contribution is -0.384. The molecule has 0 atom stereocenters. The molecular formula is C15H16N2O7. The first-order valence-corrected chi connectivity index (χ1v) is 7.23. The summed E-state index contributed by atoms with van der Waals surface area (Å²) in [5.41, 5.74) is -0.476. The molecule has 0 aliphatic carbocycles. The molecule has 9 heteroatoms. The van der Waals surface area contributed by atoms with Crippen molar-refractivity contribution in [2.24, 2.45) is 5.92 Å². The number of carbonyl (C=O) groups is 3. The van der Waals surface area contributed by atoms with Gasteiger partial charge in [0.2, 0.25) is 0 Å². The SMILES string of the molecule is COC(=O)c1cc(C(=O)N2CCC(C(=O)O)CC2)cc([N+](=O)[O-])c1. The Balaban J connectivity index is 2.25. The zero-order chi connectivity index (χ0) is 17.9. The van der Waals surface area contributed by atoms with E-state index in [1.54, 1.807) is 0 Å². The van der Waals surface area contributed by atoms with Gasteiger partial charge >= 0.3 is 11.9 Å². The van der Waals surface area contributed by atoms with E-state index in [-0.39, 0.29) is 29.9 Å². The maximum atomic E-state index is 12.5. The molecule has 0 aromatic heterocycles. The summed E-state index contributed by atoms with van der Waals surface area (Å²) in [4.78, 5) is 46.8. The van der Waals surface area contributed by atoms with E-state index in [2.05, 4.69) is 4.74 Å². The van der Waals surface area contributed by atoms with Crippen molar-refractivity contribution in [3.63, 3.8) is 0 Å². The number of methoxy groups -OCH3 is 1. The predicted octanol–water partition coefficient (Wildman–Crippen LogP) is 1.32. The van der Waals surface area contributed by atoms with Crippen molar-refractivity contribution >= 4 is 23.5 Å². The fraction of sp³-hybridized carbons (Fsp3) is 0.400. The van der Waals surface area contributed by atoms with Crippen LogP contribution in [-0.2, 0) is 9.53 Å². The minimum absolute atomic E-state index is 0.00150. The number of benzene rings is 1. The number of hydrogen-bond acceptors (Lipinski definition) is 6. The number of amides is 1. The quantitative estimate of drug-likeness (QED) is 0.499. The molecular weight excluding hydrogens is 320 g/mol. The molecule has 2 rings (SSSR count).